The molecule has 5 rings (SSSR count). The minimum atomic E-state index is -4.39. The highest BCUT2D eigenvalue weighted by molar-refractivity contribution is 7.91. The Labute approximate surface area is 218 Å². The molecule has 2 aliphatic rings. The van der Waals surface area contributed by atoms with E-state index in [-0.39, 0.29) is 31.2 Å². The van der Waals surface area contributed by atoms with E-state index in [4.69, 9.17) is 9.26 Å². The average molecular weight is 548 g/mol. The summed E-state index contributed by atoms with van der Waals surface area (Å²) >= 11 is 0. The Balaban J connectivity index is 1.59. The summed E-state index contributed by atoms with van der Waals surface area (Å²) in [6, 6.07) is 10.1. The van der Waals surface area contributed by atoms with Crippen LogP contribution < -0.4 is 5.32 Å². The molecule has 12 heteroatoms. The Bertz CT molecular complexity index is 1520. The normalized spacial score (nSPS) is 20.7. The zero-order valence-corrected chi connectivity index (χ0v) is 21.6. The fraction of sp³-hybridized carbons (Fsp3) is 0.385. The number of fused-ring (bicyclic) bond motifs is 1. The van der Waals surface area contributed by atoms with E-state index in [0.29, 0.717) is 22.3 Å². The van der Waals surface area contributed by atoms with E-state index >= 15 is 0 Å². The topological polar surface area (TPSA) is 113 Å². The number of carbonyl (C=O) groups excluding carboxylic acids is 1. The van der Waals surface area contributed by atoms with Gasteiger partial charge in [-0.05, 0) is 44.4 Å². The first-order valence-corrected chi connectivity index (χ1v) is 13.5. The van der Waals surface area contributed by atoms with Gasteiger partial charge in [-0.1, -0.05) is 36.4 Å². The molecule has 1 N–H and O–H groups in total. The molecular weight excluding hydrogens is 520 g/mol. The standard InChI is InChI=1S/C26H27F2N3O6S/c1-25(11-12-25)23(32)29-15-19-14-17-6-3-4-7-20(17)31(19)38(33,34)26(2)10-5-8-21(37-24(27)28)22(26)35-16-18-9-13-36-30-18/h3-9,13-14,24H,10-12,15-16H2,1-2H3,(H,29,32). The largest absolute Gasteiger partial charge is 0.486 e. The molecule has 1 fully saturated rings. The smallest absolute Gasteiger partial charge is 0.387 e. The van der Waals surface area contributed by atoms with Gasteiger partial charge in [0.25, 0.3) is 10.0 Å². The van der Waals surface area contributed by atoms with E-state index in [1.807, 2.05) is 6.92 Å². The number of amides is 1. The molecule has 1 amide bonds. The Kier molecular flexibility index (Phi) is 6.54. The second-order valence-electron chi connectivity index (χ2n) is 9.90. The highest BCUT2D eigenvalue weighted by atomic mass is 32.2. The highest BCUT2D eigenvalue weighted by Crippen LogP contribution is 2.45. The lowest BCUT2D eigenvalue weighted by Gasteiger charge is -2.34. The van der Waals surface area contributed by atoms with Gasteiger partial charge in [0, 0.05) is 16.9 Å². The fourth-order valence-corrected chi connectivity index (χ4v) is 6.46. The van der Waals surface area contributed by atoms with Crippen LogP contribution in [-0.2, 0) is 37.4 Å². The van der Waals surface area contributed by atoms with E-state index in [1.54, 1.807) is 30.3 Å². The SMILES string of the molecule is CC1(C(=O)NCc2cc3ccccc3n2S(=O)(=O)C2(C)CC=CC(OC(F)F)=C2OCc2ccon2)CC1. The maximum atomic E-state index is 14.5. The molecule has 202 valence electrons. The van der Waals surface area contributed by atoms with E-state index in [0.717, 1.165) is 16.8 Å². The number of carbonyl (C=O) groups is 1. The van der Waals surface area contributed by atoms with Gasteiger partial charge in [0.1, 0.15) is 18.6 Å². The summed E-state index contributed by atoms with van der Waals surface area (Å²) in [7, 11) is -4.39. The molecule has 38 heavy (non-hydrogen) atoms. The number of benzene rings is 1. The van der Waals surface area contributed by atoms with Crippen LogP contribution >= 0.6 is 0 Å². The molecule has 1 atom stereocenters. The first-order valence-electron chi connectivity index (χ1n) is 12.1. The Hall–Kier alpha value is -3.67. The zero-order valence-electron chi connectivity index (χ0n) is 20.8. The molecule has 0 spiro atoms. The van der Waals surface area contributed by atoms with Crippen LogP contribution in [0.25, 0.3) is 10.9 Å². The molecule has 1 unspecified atom stereocenters. The van der Waals surface area contributed by atoms with Gasteiger partial charge >= 0.3 is 6.61 Å². The molecule has 2 aliphatic carbocycles. The summed E-state index contributed by atoms with van der Waals surface area (Å²) in [6.07, 6.45) is 5.51. The lowest BCUT2D eigenvalue weighted by atomic mass is 9.98. The Morgan fingerprint density at radius 1 is 1.24 bits per heavy atom. The number of nitrogens with one attached hydrogen (secondary N) is 1. The number of alkyl halides is 2. The molecule has 1 saturated carbocycles. The maximum Gasteiger partial charge on any atom is 0.387 e. The second kappa shape index (κ2) is 9.57. The van der Waals surface area contributed by atoms with Crippen molar-refractivity contribution < 1.29 is 36.0 Å². The van der Waals surface area contributed by atoms with Gasteiger partial charge < -0.3 is 19.3 Å². The van der Waals surface area contributed by atoms with Crippen molar-refractivity contribution in [2.75, 3.05) is 0 Å². The number of allylic oxidation sites excluding steroid dienone is 2. The van der Waals surface area contributed by atoms with Crippen molar-refractivity contribution in [1.82, 2.24) is 14.4 Å². The van der Waals surface area contributed by atoms with Crippen LogP contribution in [0.3, 0.4) is 0 Å². The van der Waals surface area contributed by atoms with Crippen molar-refractivity contribution in [2.45, 2.75) is 57.6 Å². The van der Waals surface area contributed by atoms with Gasteiger partial charge in [-0.2, -0.15) is 8.78 Å². The highest BCUT2D eigenvalue weighted by Gasteiger charge is 2.50. The first-order chi connectivity index (χ1) is 18.0. The third-order valence-corrected chi connectivity index (χ3v) is 9.48. The van der Waals surface area contributed by atoms with Crippen LogP contribution in [0.15, 0.2) is 70.9 Å². The van der Waals surface area contributed by atoms with Crippen molar-refractivity contribution in [2.24, 2.45) is 5.41 Å². The van der Waals surface area contributed by atoms with Gasteiger partial charge in [-0.25, -0.2) is 12.4 Å². The van der Waals surface area contributed by atoms with Crippen LogP contribution in [0, 0.1) is 5.41 Å². The number of hydrogen-bond acceptors (Lipinski definition) is 7. The molecule has 0 radical (unpaired) electrons. The van der Waals surface area contributed by atoms with Gasteiger partial charge in [-0.3, -0.25) is 4.79 Å². The summed E-state index contributed by atoms with van der Waals surface area (Å²) in [5.74, 6) is -0.821. The molecule has 0 aliphatic heterocycles. The number of aromatic nitrogens is 2. The minimum absolute atomic E-state index is 0.0342. The third-order valence-electron chi connectivity index (χ3n) is 7.08. The number of nitrogens with zero attached hydrogens (tertiary/aromatic N) is 2. The van der Waals surface area contributed by atoms with Crippen LogP contribution in [-0.4, -0.2) is 34.8 Å². The van der Waals surface area contributed by atoms with Crippen LogP contribution in [0.5, 0.6) is 0 Å². The predicted octanol–water partition coefficient (Wildman–Crippen LogP) is 4.61. The van der Waals surface area contributed by atoms with E-state index < -0.39 is 32.6 Å². The van der Waals surface area contributed by atoms with Gasteiger partial charge in [0.05, 0.1) is 17.8 Å². The molecule has 9 nitrogen and oxygen atoms in total. The van der Waals surface area contributed by atoms with E-state index in [9.17, 15) is 22.0 Å². The Morgan fingerprint density at radius 2 is 2.00 bits per heavy atom. The summed E-state index contributed by atoms with van der Waals surface area (Å²) < 4.78 is 70.2. The van der Waals surface area contributed by atoms with Crippen molar-refractivity contribution >= 4 is 26.8 Å². The molecule has 0 bridgehead atoms. The molecule has 3 aromatic rings. The quantitative estimate of drug-likeness (QED) is 0.394. The molecule has 1 aromatic carbocycles. The van der Waals surface area contributed by atoms with Crippen molar-refractivity contribution in [1.29, 1.82) is 0 Å². The van der Waals surface area contributed by atoms with Crippen LogP contribution in [0.1, 0.15) is 44.5 Å². The van der Waals surface area contributed by atoms with Crippen molar-refractivity contribution in [3.8, 4) is 0 Å². The first kappa shape index (κ1) is 26.0. The van der Waals surface area contributed by atoms with Gasteiger partial charge in [0.15, 0.2) is 16.3 Å². The van der Waals surface area contributed by atoms with Gasteiger partial charge in [0.2, 0.25) is 5.91 Å². The van der Waals surface area contributed by atoms with Crippen molar-refractivity contribution in [3.63, 3.8) is 0 Å². The molecule has 2 heterocycles. The lowest BCUT2D eigenvalue weighted by Crippen LogP contribution is -2.44. The summed E-state index contributed by atoms with van der Waals surface area (Å²) in [6.45, 7) is -0.200. The summed E-state index contributed by atoms with van der Waals surface area (Å²) in [5, 5.41) is 7.24. The zero-order chi connectivity index (χ0) is 27.1. The van der Waals surface area contributed by atoms with Crippen LogP contribution in [0.4, 0.5) is 8.78 Å². The second-order valence-corrected chi connectivity index (χ2v) is 12.1. The fourth-order valence-electron chi connectivity index (χ4n) is 4.51. The monoisotopic (exact) mass is 547 g/mol. The molecule has 2 aromatic heterocycles. The molecule has 0 saturated heterocycles. The minimum Gasteiger partial charge on any atom is -0.486 e. The number of halogens is 2. The number of ether oxygens (including phenoxy) is 2. The number of para-hydroxylation sites is 1. The number of rotatable bonds is 10. The summed E-state index contributed by atoms with van der Waals surface area (Å²) in [4.78, 5) is 12.6. The van der Waals surface area contributed by atoms with Gasteiger partial charge in [-0.15, -0.1) is 0 Å². The average Bonchev–Trinajstić information content (AvgIpc) is 3.27. The Morgan fingerprint density at radius 3 is 2.68 bits per heavy atom. The number of hydrogen-bond donors (Lipinski definition) is 1. The maximum absolute atomic E-state index is 14.5. The van der Waals surface area contributed by atoms with E-state index in [2.05, 4.69) is 15.2 Å². The van der Waals surface area contributed by atoms with Crippen LogP contribution in [0.2, 0.25) is 0 Å². The third kappa shape index (κ3) is 4.57. The molecular formula is C26H27F2N3O6S. The van der Waals surface area contributed by atoms with Crippen molar-refractivity contribution in [3.05, 3.63) is 77.7 Å². The lowest BCUT2D eigenvalue weighted by molar-refractivity contribution is -0.125. The van der Waals surface area contributed by atoms with E-state index in [1.165, 1.54) is 31.4 Å². The summed E-state index contributed by atoms with van der Waals surface area (Å²) in [5.41, 5.74) is 0.609. The predicted molar refractivity (Wildman–Crippen MR) is 133 cm³/mol.